The Morgan fingerprint density at radius 1 is 1.35 bits per heavy atom. The Bertz CT molecular complexity index is 638. The largest absolute Gasteiger partial charge is 0.480 e. The van der Waals surface area contributed by atoms with Gasteiger partial charge in [-0.3, -0.25) is 14.5 Å². The van der Waals surface area contributed by atoms with Gasteiger partial charge in [-0.15, -0.1) is 0 Å². The molecule has 2 amide bonds. The summed E-state index contributed by atoms with van der Waals surface area (Å²) in [6.07, 6.45) is 5.99. The molecule has 0 bridgehead atoms. The second kappa shape index (κ2) is 5.83. The topological polar surface area (TPSA) is 109 Å². The molecule has 2 aromatic heterocycles. The number of rotatable bonds is 4. The third-order valence-corrected chi connectivity index (χ3v) is 2.48. The van der Waals surface area contributed by atoms with Crippen molar-refractivity contribution >= 4 is 23.4 Å². The Kier molecular flexibility index (Phi) is 3.94. The molecular weight excluding hydrogens is 262 g/mol. The monoisotopic (exact) mass is 275 g/mol. The second-order valence-corrected chi connectivity index (χ2v) is 4.09. The predicted octanol–water partition coefficient (Wildman–Crippen LogP) is 1.32. The number of carbonyl (C=O) groups is 2. The SMILES string of the molecule is Cc1ccncc1NC(=O)Nc1cnn(CC(=O)O)c1. The first kappa shape index (κ1) is 13.5. The predicted molar refractivity (Wildman–Crippen MR) is 71.5 cm³/mol. The van der Waals surface area contributed by atoms with Gasteiger partial charge < -0.3 is 15.7 Å². The summed E-state index contributed by atoms with van der Waals surface area (Å²) in [7, 11) is 0. The van der Waals surface area contributed by atoms with Gasteiger partial charge in [0.25, 0.3) is 0 Å². The lowest BCUT2D eigenvalue weighted by atomic mass is 10.2. The maximum atomic E-state index is 11.8. The molecule has 0 atom stereocenters. The van der Waals surface area contributed by atoms with Gasteiger partial charge in [-0.2, -0.15) is 5.10 Å². The van der Waals surface area contributed by atoms with Crippen LogP contribution in [0.25, 0.3) is 0 Å². The van der Waals surface area contributed by atoms with Crippen LogP contribution in [0.2, 0.25) is 0 Å². The summed E-state index contributed by atoms with van der Waals surface area (Å²) in [5, 5.41) is 17.6. The molecule has 0 radical (unpaired) electrons. The van der Waals surface area contributed by atoms with E-state index in [1.54, 1.807) is 18.5 Å². The molecule has 0 aliphatic heterocycles. The van der Waals surface area contributed by atoms with Gasteiger partial charge in [-0.05, 0) is 18.6 Å². The molecule has 20 heavy (non-hydrogen) atoms. The molecule has 8 nitrogen and oxygen atoms in total. The van der Waals surface area contributed by atoms with Crippen LogP contribution in [0.15, 0.2) is 30.9 Å². The van der Waals surface area contributed by atoms with Crippen molar-refractivity contribution in [2.75, 3.05) is 10.6 Å². The fraction of sp³-hybridized carbons (Fsp3) is 0.167. The van der Waals surface area contributed by atoms with E-state index in [0.717, 1.165) is 5.56 Å². The lowest BCUT2D eigenvalue weighted by molar-refractivity contribution is -0.137. The molecule has 2 aromatic rings. The van der Waals surface area contributed by atoms with E-state index in [-0.39, 0.29) is 6.54 Å². The molecule has 3 N–H and O–H groups in total. The number of aryl methyl sites for hydroxylation is 1. The zero-order chi connectivity index (χ0) is 14.5. The number of carboxylic acids is 1. The molecule has 104 valence electrons. The highest BCUT2D eigenvalue weighted by Gasteiger charge is 2.07. The third-order valence-electron chi connectivity index (χ3n) is 2.48. The number of hydrogen-bond donors (Lipinski definition) is 3. The Morgan fingerprint density at radius 2 is 2.15 bits per heavy atom. The van der Waals surface area contributed by atoms with Gasteiger partial charge in [0.1, 0.15) is 6.54 Å². The molecule has 0 aliphatic carbocycles. The van der Waals surface area contributed by atoms with E-state index in [2.05, 4.69) is 20.7 Å². The lowest BCUT2D eigenvalue weighted by Crippen LogP contribution is -2.19. The van der Waals surface area contributed by atoms with Crippen molar-refractivity contribution < 1.29 is 14.7 Å². The quantitative estimate of drug-likeness (QED) is 0.779. The van der Waals surface area contributed by atoms with Gasteiger partial charge in [0.15, 0.2) is 0 Å². The zero-order valence-corrected chi connectivity index (χ0v) is 10.7. The molecule has 0 spiro atoms. The number of carboxylic acid groups (broad SMARTS) is 1. The summed E-state index contributed by atoms with van der Waals surface area (Å²) in [6.45, 7) is 1.59. The summed E-state index contributed by atoms with van der Waals surface area (Å²) in [5.74, 6) is -1.00. The smallest absolute Gasteiger partial charge is 0.325 e. The summed E-state index contributed by atoms with van der Waals surface area (Å²) in [5.41, 5.74) is 1.89. The van der Waals surface area contributed by atoms with E-state index in [1.165, 1.54) is 17.1 Å². The first-order valence-electron chi connectivity index (χ1n) is 5.77. The summed E-state index contributed by atoms with van der Waals surface area (Å²) < 4.78 is 1.22. The molecular formula is C12H13N5O3. The van der Waals surface area contributed by atoms with Crippen LogP contribution in [0.5, 0.6) is 0 Å². The summed E-state index contributed by atoms with van der Waals surface area (Å²) in [4.78, 5) is 26.2. The van der Waals surface area contributed by atoms with Crippen molar-refractivity contribution in [3.8, 4) is 0 Å². The first-order valence-corrected chi connectivity index (χ1v) is 5.77. The number of aromatic nitrogens is 3. The van der Waals surface area contributed by atoms with Crippen molar-refractivity contribution in [3.05, 3.63) is 36.4 Å². The van der Waals surface area contributed by atoms with Gasteiger partial charge >= 0.3 is 12.0 Å². The molecule has 0 saturated carbocycles. The average Bonchev–Trinajstić information content (AvgIpc) is 2.78. The van der Waals surface area contributed by atoms with E-state index in [4.69, 9.17) is 5.11 Å². The summed E-state index contributed by atoms with van der Waals surface area (Å²) >= 11 is 0. The number of hydrogen-bond acceptors (Lipinski definition) is 4. The molecule has 0 aliphatic rings. The van der Waals surface area contributed by atoms with E-state index in [1.807, 2.05) is 6.92 Å². The van der Waals surface area contributed by atoms with Crippen LogP contribution in [-0.2, 0) is 11.3 Å². The van der Waals surface area contributed by atoms with Gasteiger partial charge in [0.2, 0.25) is 0 Å². The van der Waals surface area contributed by atoms with Crippen molar-refractivity contribution in [2.24, 2.45) is 0 Å². The molecule has 0 fully saturated rings. The summed E-state index contributed by atoms with van der Waals surface area (Å²) in [6, 6.07) is 1.33. The van der Waals surface area contributed by atoms with Crippen LogP contribution in [0.3, 0.4) is 0 Å². The van der Waals surface area contributed by atoms with E-state index < -0.39 is 12.0 Å². The number of aliphatic carboxylic acids is 1. The fourth-order valence-electron chi connectivity index (χ4n) is 1.53. The Labute approximate surface area is 114 Å². The Hall–Kier alpha value is -2.90. The van der Waals surface area contributed by atoms with Crippen LogP contribution >= 0.6 is 0 Å². The highest BCUT2D eigenvalue weighted by molar-refractivity contribution is 5.99. The number of carbonyl (C=O) groups excluding carboxylic acids is 1. The minimum atomic E-state index is -1.00. The minimum Gasteiger partial charge on any atom is -0.480 e. The number of amides is 2. The maximum Gasteiger partial charge on any atom is 0.325 e. The molecule has 8 heteroatoms. The van der Waals surface area contributed by atoms with Crippen LogP contribution in [0.4, 0.5) is 16.2 Å². The number of nitrogens with one attached hydrogen (secondary N) is 2. The van der Waals surface area contributed by atoms with Crippen molar-refractivity contribution in [1.82, 2.24) is 14.8 Å². The van der Waals surface area contributed by atoms with Crippen LogP contribution in [0, 0.1) is 6.92 Å². The normalized spacial score (nSPS) is 10.1. The Morgan fingerprint density at radius 3 is 2.85 bits per heavy atom. The molecule has 0 aromatic carbocycles. The van der Waals surface area contributed by atoms with E-state index >= 15 is 0 Å². The first-order chi connectivity index (χ1) is 9.54. The Balaban J connectivity index is 1.96. The number of urea groups is 1. The number of anilines is 2. The fourth-order valence-corrected chi connectivity index (χ4v) is 1.53. The molecule has 2 heterocycles. The standard InChI is InChI=1S/C12H13N5O3/c1-8-2-3-13-5-10(8)16-12(20)15-9-4-14-17(6-9)7-11(18)19/h2-6H,7H2,1H3,(H,18,19)(H2,15,16,20). The number of pyridine rings is 1. The maximum absolute atomic E-state index is 11.8. The molecule has 0 saturated heterocycles. The van der Waals surface area contributed by atoms with Crippen molar-refractivity contribution in [3.63, 3.8) is 0 Å². The molecule has 2 rings (SSSR count). The van der Waals surface area contributed by atoms with E-state index in [0.29, 0.717) is 11.4 Å². The molecule has 0 unspecified atom stereocenters. The second-order valence-electron chi connectivity index (χ2n) is 4.09. The van der Waals surface area contributed by atoms with Gasteiger partial charge in [-0.25, -0.2) is 4.79 Å². The average molecular weight is 275 g/mol. The van der Waals surface area contributed by atoms with Crippen LogP contribution in [0.1, 0.15) is 5.56 Å². The van der Waals surface area contributed by atoms with Crippen molar-refractivity contribution in [1.29, 1.82) is 0 Å². The van der Waals surface area contributed by atoms with E-state index in [9.17, 15) is 9.59 Å². The highest BCUT2D eigenvalue weighted by atomic mass is 16.4. The van der Waals surface area contributed by atoms with Crippen LogP contribution < -0.4 is 10.6 Å². The van der Waals surface area contributed by atoms with Gasteiger partial charge in [0.05, 0.1) is 23.8 Å². The highest BCUT2D eigenvalue weighted by Crippen LogP contribution is 2.12. The van der Waals surface area contributed by atoms with Gasteiger partial charge in [-0.1, -0.05) is 0 Å². The number of nitrogens with zero attached hydrogens (tertiary/aromatic N) is 3. The zero-order valence-electron chi connectivity index (χ0n) is 10.7. The third kappa shape index (κ3) is 3.55. The lowest BCUT2D eigenvalue weighted by Gasteiger charge is -2.07. The minimum absolute atomic E-state index is 0.259. The van der Waals surface area contributed by atoms with Gasteiger partial charge in [0, 0.05) is 12.4 Å². The van der Waals surface area contributed by atoms with Crippen LogP contribution in [-0.4, -0.2) is 31.9 Å². The van der Waals surface area contributed by atoms with Crippen molar-refractivity contribution in [2.45, 2.75) is 13.5 Å².